The van der Waals surface area contributed by atoms with Crippen LogP contribution in [0.15, 0.2) is 54.9 Å². The van der Waals surface area contributed by atoms with Crippen LogP contribution in [0.2, 0.25) is 0 Å². The summed E-state index contributed by atoms with van der Waals surface area (Å²) in [6.45, 7) is 0.498. The zero-order valence-electron chi connectivity index (χ0n) is 14.8. The molecule has 0 saturated heterocycles. The van der Waals surface area contributed by atoms with E-state index in [0.717, 1.165) is 5.69 Å². The average molecular weight is 380 g/mol. The normalized spacial score (nSPS) is 11.9. The van der Waals surface area contributed by atoms with Crippen LogP contribution >= 0.6 is 0 Å². The third-order valence-corrected chi connectivity index (χ3v) is 4.18. The highest BCUT2D eigenvalue weighted by Gasteiger charge is 2.14. The number of rotatable bonds is 6. The van der Waals surface area contributed by atoms with Gasteiger partial charge in [0.05, 0.1) is 0 Å². The van der Waals surface area contributed by atoms with E-state index in [1.807, 2.05) is 6.07 Å². The smallest absolute Gasteiger partial charge is 0.270 e. The average Bonchev–Trinajstić information content (AvgIpc) is 3.17. The maximum atomic E-state index is 13.6. The summed E-state index contributed by atoms with van der Waals surface area (Å²) in [5.74, 6) is 1.16. The van der Waals surface area contributed by atoms with Crippen LogP contribution in [0.3, 0.4) is 0 Å². The lowest BCUT2D eigenvalue weighted by molar-refractivity contribution is 0.0949. The molecule has 1 aromatic heterocycles. The van der Waals surface area contributed by atoms with Gasteiger partial charge in [-0.05, 0) is 30.2 Å². The standard InChI is InChI=1S/C20H17FN4O3/c21-15-4-2-1-3-13(15)7-8-22-20(26)16-10-19(24-11-23-16)25-14-5-6-17-18(9-14)28-12-27-17/h1-6,9-11H,7-8,12H2,(H,22,26)(H,23,24,25). The van der Waals surface area contributed by atoms with E-state index in [-0.39, 0.29) is 24.2 Å². The molecule has 0 aliphatic carbocycles. The number of ether oxygens (including phenoxy) is 2. The first kappa shape index (κ1) is 17.7. The number of nitrogens with one attached hydrogen (secondary N) is 2. The fourth-order valence-corrected chi connectivity index (χ4v) is 2.77. The van der Waals surface area contributed by atoms with Gasteiger partial charge in [0.25, 0.3) is 5.91 Å². The van der Waals surface area contributed by atoms with Crippen molar-refractivity contribution in [1.29, 1.82) is 0 Å². The fourth-order valence-electron chi connectivity index (χ4n) is 2.77. The number of carbonyl (C=O) groups excluding carboxylic acids is 1. The molecule has 0 bridgehead atoms. The van der Waals surface area contributed by atoms with Crippen molar-refractivity contribution < 1.29 is 18.7 Å². The summed E-state index contributed by atoms with van der Waals surface area (Å²) < 4.78 is 24.2. The van der Waals surface area contributed by atoms with E-state index in [9.17, 15) is 9.18 Å². The number of hydrogen-bond donors (Lipinski definition) is 2. The second kappa shape index (κ2) is 7.91. The van der Waals surface area contributed by atoms with Crippen LogP contribution in [0.5, 0.6) is 11.5 Å². The van der Waals surface area contributed by atoms with Crippen molar-refractivity contribution in [2.24, 2.45) is 0 Å². The number of halogens is 1. The Morgan fingerprint density at radius 2 is 1.93 bits per heavy atom. The highest BCUT2D eigenvalue weighted by molar-refractivity contribution is 5.93. The third kappa shape index (κ3) is 4.01. The number of carbonyl (C=O) groups is 1. The van der Waals surface area contributed by atoms with Crippen molar-refractivity contribution in [3.05, 3.63) is 71.9 Å². The molecule has 0 atom stereocenters. The predicted octanol–water partition coefficient (Wildman–Crippen LogP) is 3.06. The van der Waals surface area contributed by atoms with E-state index >= 15 is 0 Å². The zero-order chi connectivity index (χ0) is 19.3. The van der Waals surface area contributed by atoms with E-state index < -0.39 is 0 Å². The van der Waals surface area contributed by atoms with Crippen molar-refractivity contribution in [3.8, 4) is 11.5 Å². The van der Waals surface area contributed by atoms with Gasteiger partial charge >= 0.3 is 0 Å². The number of amides is 1. The van der Waals surface area contributed by atoms with Crippen LogP contribution in [0, 0.1) is 5.82 Å². The van der Waals surface area contributed by atoms with Gasteiger partial charge in [-0.3, -0.25) is 4.79 Å². The van der Waals surface area contributed by atoms with Crippen LogP contribution < -0.4 is 20.1 Å². The van der Waals surface area contributed by atoms with Gasteiger partial charge in [0.15, 0.2) is 11.5 Å². The van der Waals surface area contributed by atoms with Crippen LogP contribution in [0.4, 0.5) is 15.9 Å². The fraction of sp³-hybridized carbons (Fsp3) is 0.150. The molecule has 2 aromatic carbocycles. The largest absolute Gasteiger partial charge is 0.454 e. The van der Waals surface area contributed by atoms with Gasteiger partial charge in [-0.25, -0.2) is 14.4 Å². The Morgan fingerprint density at radius 3 is 2.82 bits per heavy atom. The SMILES string of the molecule is O=C(NCCc1ccccc1F)c1cc(Nc2ccc3c(c2)OCO3)ncn1. The summed E-state index contributed by atoms with van der Waals surface area (Å²) in [6, 6.07) is 13.4. The number of aromatic nitrogens is 2. The molecule has 0 fully saturated rings. The number of fused-ring (bicyclic) bond motifs is 1. The molecule has 28 heavy (non-hydrogen) atoms. The van der Waals surface area contributed by atoms with Crippen LogP contribution in [-0.2, 0) is 6.42 Å². The maximum Gasteiger partial charge on any atom is 0.270 e. The molecule has 0 radical (unpaired) electrons. The van der Waals surface area contributed by atoms with Gasteiger partial charge < -0.3 is 20.1 Å². The molecule has 2 N–H and O–H groups in total. The minimum absolute atomic E-state index is 0.198. The van der Waals surface area contributed by atoms with E-state index in [0.29, 0.717) is 35.8 Å². The molecule has 0 unspecified atom stereocenters. The van der Waals surface area contributed by atoms with E-state index in [1.54, 1.807) is 36.4 Å². The van der Waals surface area contributed by atoms with Gasteiger partial charge in [0.1, 0.15) is 23.7 Å². The lowest BCUT2D eigenvalue weighted by Crippen LogP contribution is -2.26. The Morgan fingerprint density at radius 1 is 1.07 bits per heavy atom. The molecule has 8 heteroatoms. The first-order valence-corrected chi connectivity index (χ1v) is 8.69. The first-order chi connectivity index (χ1) is 13.7. The monoisotopic (exact) mass is 380 g/mol. The Balaban J connectivity index is 1.37. The lowest BCUT2D eigenvalue weighted by atomic mass is 10.1. The second-order valence-corrected chi connectivity index (χ2v) is 6.08. The Bertz CT molecular complexity index is 1010. The molecule has 1 aliphatic heterocycles. The molecule has 1 amide bonds. The van der Waals surface area contributed by atoms with Crippen molar-refractivity contribution in [1.82, 2.24) is 15.3 Å². The Hall–Kier alpha value is -3.68. The molecular weight excluding hydrogens is 363 g/mol. The highest BCUT2D eigenvalue weighted by Crippen LogP contribution is 2.34. The number of hydrogen-bond acceptors (Lipinski definition) is 6. The molecule has 4 rings (SSSR count). The number of nitrogens with zero attached hydrogens (tertiary/aromatic N) is 2. The molecule has 3 aromatic rings. The van der Waals surface area contributed by atoms with Crippen LogP contribution in [-0.4, -0.2) is 29.2 Å². The summed E-state index contributed by atoms with van der Waals surface area (Å²) in [6.07, 6.45) is 1.70. The topological polar surface area (TPSA) is 85.4 Å². The van der Waals surface area contributed by atoms with Crippen molar-refractivity contribution in [3.63, 3.8) is 0 Å². The molecular formula is C20H17FN4O3. The molecule has 1 aliphatic rings. The van der Waals surface area contributed by atoms with E-state index in [2.05, 4.69) is 20.6 Å². The maximum absolute atomic E-state index is 13.6. The summed E-state index contributed by atoms with van der Waals surface area (Å²) in [7, 11) is 0. The van der Waals surface area contributed by atoms with Gasteiger partial charge in [-0.1, -0.05) is 18.2 Å². The zero-order valence-corrected chi connectivity index (χ0v) is 14.8. The second-order valence-electron chi connectivity index (χ2n) is 6.08. The molecule has 0 saturated carbocycles. The van der Waals surface area contributed by atoms with Crippen molar-refractivity contribution in [2.75, 3.05) is 18.7 Å². The summed E-state index contributed by atoms with van der Waals surface area (Å²) in [4.78, 5) is 20.4. The quantitative estimate of drug-likeness (QED) is 0.684. The van der Waals surface area contributed by atoms with Crippen LogP contribution in [0.25, 0.3) is 0 Å². The summed E-state index contributed by atoms with van der Waals surface area (Å²) in [5.41, 5.74) is 1.51. The van der Waals surface area contributed by atoms with Crippen LogP contribution in [0.1, 0.15) is 16.1 Å². The minimum atomic E-state index is -0.354. The van der Waals surface area contributed by atoms with E-state index in [4.69, 9.17) is 9.47 Å². The minimum Gasteiger partial charge on any atom is -0.454 e. The summed E-state index contributed by atoms with van der Waals surface area (Å²) >= 11 is 0. The van der Waals surface area contributed by atoms with Gasteiger partial charge in [0.2, 0.25) is 6.79 Å². The number of benzene rings is 2. The van der Waals surface area contributed by atoms with Crippen molar-refractivity contribution in [2.45, 2.75) is 6.42 Å². The molecule has 2 heterocycles. The lowest BCUT2D eigenvalue weighted by Gasteiger charge is -2.08. The highest BCUT2D eigenvalue weighted by atomic mass is 19.1. The molecule has 7 nitrogen and oxygen atoms in total. The van der Waals surface area contributed by atoms with Gasteiger partial charge in [0, 0.05) is 24.4 Å². The Labute approximate surface area is 160 Å². The Kier molecular flexibility index (Phi) is 5.01. The van der Waals surface area contributed by atoms with Gasteiger partial charge in [-0.2, -0.15) is 0 Å². The molecule has 0 spiro atoms. The van der Waals surface area contributed by atoms with Gasteiger partial charge in [-0.15, -0.1) is 0 Å². The first-order valence-electron chi connectivity index (χ1n) is 8.69. The van der Waals surface area contributed by atoms with Crippen molar-refractivity contribution >= 4 is 17.4 Å². The molecule has 142 valence electrons. The van der Waals surface area contributed by atoms with E-state index in [1.165, 1.54) is 12.4 Å². The predicted molar refractivity (Wildman–Crippen MR) is 100 cm³/mol. The third-order valence-electron chi connectivity index (χ3n) is 4.18. The summed E-state index contributed by atoms with van der Waals surface area (Å²) in [5, 5.41) is 5.84. The number of anilines is 2.